The number of ether oxygens (including phenoxy) is 2. The smallest absolute Gasteiger partial charge is 0.243 e. The van der Waals surface area contributed by atoms with Crippen molar-refractivity contribution < 1.29 is 17.9 Å². The fourth-order valence-electron chi connectivity index (χ4n) is 4.16. The van der Waals surface area contributed by atoms with Gasteiger partial charge in [-0.15, -0.1) is 0 Å². The van der Waals surface area contributed by atoms with Crippen molar-refractivity contribution >= 4 is 10.0 Å². The third kappa shape index (κ3) is 4.28. The molecular weight excluding hydrogens is 386 g/mol. The third-order valence-electron chi connectivity index (χ3n) is 5.98. The lowest BCUT2D eigenvalue weighted by Crippen LogP contribution is -2.34. The number of hydrogen-bond donors (Lipinski definition) is 0. The molecule has 1 heterocycles. The highest BCUT2D eigenvalue weighted by molar-refractivity contribution is 7.89. The molecule has 1 aliphatic heterocycles. The number of methoxy groups -OCH3 is 2. The van der Waals surface area contributed by atoms with E-state index < -0.39 is 10.0 Å². The Bertz CT molecular complexity index is 940. The Hall–Kier alpha value is -2.05. The number of nitrogens with zero attached hydrogens (tertiary/aromatic N) is 1. The molecule has 0 amide bonds. The molecule has 1 atom stereocenters. The zero-order valence-corrected chi connectivity index (χ0v) is 18.6. The summed E-state index contributed by atoms with van der Waals surface area (Å²) in [6.45, 7) is 5.13. The topological polar surface area (TPSA) is 55.8 Å². The maximum absolute atomic E-state index is 13.2. The molecule has 0 N–H and O–H groups in total. The van der Waals surface area contributed by atoms with Gasteiger partial charge in [-0.05, 0) is 49.6 Å². The zero-order valence-electron chi connectivity index (χ0n) is 17.8. The van der Waals surface area contributed by atoms with Crippen LogP contribution in [0, 0.1) is 6.92 Å². The van der Waals surface area contributed by atoms with Crippen LogP contribution in [0.4, 0.5) is 0 Å². The maximum Gasteiger partial charge on any atom is 0.243 e. The number of aryl methyl sites for hydroxylation is 1. The van der Waals surface area contributed by atoms with E-state index in [4.69, 9.17) is 9.47 Å². The molecule has 3 rings (SSSR count). The van der Waals surface area contributed by atoms with E-state index in [0.29, 0.717) is 29.5 Å². The van der Waals surface area contributed by atoms with Gasteiger partial charge in [-0.25, -0.2) is 8.42 Å². The van der Waals surface area contributed by atoms with Crippen molar-refractivity contribution in [3.63, 3.8) is 0 Å². The molecule has 0 aliphatic carbocycles. The van der Waals surface area contributed by atoms with E-state index in [1.165, 1.54) is 0 Å². The van der Waals surface area contributed by atoms with Gasteiger partial charge in [0.25, 0.3) is 0 Å². The van der Waals surface area contributed by atoms with Crippen molar-refractivity contribution in [2.45, 2.75) is 49.8 Å². The second kappa shape index (κ2) is 8.76. The van der Waals surface area contributed by atoms with Crippen LogP contribution >= 0.6 is 0 Å². The average Bonchev–Trinajstić information content (AvgIpc) is 3.18. The highest BCUT2D eigenvalue weighted by Crippen LogP contribution is 2.43. The molecule has 1 aliphatic rings. The van der Waals surface area contributed by atoms with Crippen LogP contribution in [0.25, 0.3) is 0 Å². The number of hydrogen-bond acceptors (Lipinski definition) is 4. The van der Waals surface area contributed by atoms with Crippen LogP contribution in [-0.2, 0) is 15.4 Å². The number of sulfonamides is 1. The fourth-order valence-corrected chi connectivity index (χ4v) is 5.69. The lowest BCUT2D eigenvalue weighted by molar-refractivity contribution is 0.348. The van der Waals surface area contributed by atoms with Gasteiger partial charge in [0.1, 0.15) is 0 Å². The van der Waals surface area contributed by atoms with Gasteiger partial charge in [-0.1, -0.05) is 43.5 Å². The van der Waals surface area contributed by atoms with Crippen molar-refractivity contribution in [2.24, 2.45) is 0 Å². The molecule has 0 radical (unpaired) electrons. The summed E-state index contributed by atoms with van der Waals surface area (Å²) in [6, 6.07) is 13.1. The van der Waals surface area contributed by atoms with E-state index in [1.54, 1.807) is 30.7 Å². The highest BCUT2D eigenvalue weighted by Gasteiger charge is 2.44. The van der Waals surface area contributed by atoms with Gasteiger partial charge in [-0.3, -0.25) is 0 Å². The Morgan fingerprint density at radius 1 is 1.03 bits per heavy atom. The zero-order chi connectivity index (χ0) is 21.1. The first kappa shape index (κ1) is 21.7. The number of benzene rings is 2. The molecule has 2 aromatic carbocycles. The summed E-state index contributed by atoms with van der Waals surface area (Å²) in [5, 5.41) is 0. The Morgan fingerprint density at radius 2 is 1.72 bits per heavy atom. The van der Waals surface area contributed by atoms with E-state index >= 15 is 0 Å². The first-order valence-corrected chi connectivity index (χ1v) is 11.6. The van der Waals surface area contributed by atoms with Gasteiger partial charge in [0.05, 0.1) is 19.1 Å². The van der Waals surface area contributed by atoms with Crippen LogP contribution in [0.5, 0.6) is 11.5 Å². The van der Waals surface area contributed by atoms with Crippen molar-refractivity contribution in [1.82, 2.24) is 4.31 Å². The molecule has 0 saturated carbocycles. The second-order valence-electron chi connectivity index (χ2n) is 7.86. The Labute approximate surface area is 174 Å². The predicted octanol–water partition coefficient (Wildman–Crippen LogP) is 4.53. The van der Waals surface area contributed by atoms with Crippen LogP contribution in [0.3, 0.4) is 0 Å². The van der Waals surface area contributed by atoms with Crippen LogP contribution in [0.1, 0.15) is 43.7 Å². The monoisotopic (exact) mass is 417 g/mol. The SMILES string of the molecule is CCCCC1(c2ccc(OC)c(OC)c2)CCN(S(=O)(=O)c2ccc(C)cc2)C1. The van der Waals surface area contributed by atoms with Gasteiger partial charge < -0.3 is 9.47 Å². The van der Waals surface area contributed by atoms with Crippen LogP contribution in [0.2, 0.25) is 0 Å². The predicted molar refractivity (Wildman–Crippen MR) is 115 cm³/mol. The Balaban J connectivity index is 1.95. The summed E-state index contributed by atoms with van der Waals surface area (Å²) >= 11 is 0. The van der Waals surface area contributed by atoms with Gasteiger partial charge in [-0.2, -0.15) is 4.31 Å². The first-order chi connectivity index (χ1) is 13.9. The van der Waals surface area contributed by atoms with Crippen LogP contribution < -0.4 is 9.47 Å². The van der Waals surface area contributed by atoms with Crippen molar-refractivity contribution in [3.8, 4) is 11.5 Å². The molecule has 29 heavy (non-hydrogen) atoms. The molecule has 0 bridgehead atoms. The van der Waals surface area contributed by atoms with Gasteiger partial charge in [0, 0.05) is 18.5 Å². The Kier molecular flexibility index (Phi) is 6.54. The van der Waals surface area contributed by atoms with E-state index in [2.05, 4.69) is 13.0 Å². The van der Waals surface area contributed by atoms with Gasteiger partial charge in [0.2, 0.25) is 10.0 Å². The van der Waals surface area contributed by atoms with Gasteiger partial charge >= 0.3 is 0 Å². The highest BCUT2D eigenvalue weighted by atomic mass is 32.2. The minimum Gasteiger partial charge on any atom is -0.493 e. The summed E-state index contributed by atoms with van der Waals surface area (Å²) in [5.41, 5.74) is 1.95. The van der Waals surface area contributed by atoms with Crippen LogP contribution in [0.15, 0.2) is 47.4 Å². The molecule has 5 nitrogen and oxygen atoms in total. The van der Waals surface area contributed by atoms with Crippen molar-refractivity contribution in [1.29, 1.82) is 0 Å². The molecule has 6 heteroatoms. The largest absolute Gasteiger partial charge is 0.493 e. The molecule has 0 spiro atoms. The molecule has 1 unspecified atom stereocenters. The normalized spacial score (nSPS) is 20.0. The fraction of sp³-hybridized carbons (Fsp3) is 0.478. The lowest BCUT2D eigenvalue weighted by atomic mass is 9.75. The maximum atomic E-state index is 13.2. The summed E-state index contributed by atoms with van der Waals surface area (Å²) < 4.78 is 39.0. The quantitative estimate of drug-likeness (QED) is 0.633. The minimum absolute atomic E-state index is 0.215. The second-order valence-corrected chi connectivity index (χ2v) is 9.79. The molecule has 0 aromatic heterocycles. The standard InChI is InChI=1S/C23H31NO4S/c1-5-6-13-23(19-9-12-21(27-3)22(16-19)28-4)14-15-24(17-23)29(25,26)20-10-7-18(2)8-11-20/h7-12,16H,5-6,13-15,17H2,1-4H3. The summed E-state index contributed by atoms with van der Waals surface area (Å²) in [6.07, 6.45) is 3.86. The number of rotatable bonds is 8. The summed E-state index contributed by atoms with van der Waals surface area (Å²) in [5.74, 6) is 1.37. The van der Waals surface area contributed by atoms with Crippen LogP contribution in [-0.4, -0.2) is 40.0 Å². The van der Waals surface area contributed by atoms with Crippen molar-refractivity contribution in [2.75, 3.05) is 27.3 Å². The minimum atomic E-state index is -3.51. The molecular formula is C23H31NO4S. The lowest BCUT2D eigenvalue weighted by Gasteiger charge is -2.31. The molecule has 158 valence electrons. The molecule has 1 saturated heterocycles. The molecule has 2 aromatic rings. The third-order valence-corrected chi connectivity index (χ3v) is 7.84. The van der Waals surface area contributed by atoms with E-state index in [1.807, 2.05) is 31.2 Å². The van der Waals surface area contributed by atoms with E-state index in [0.717, 1.165) is 36.8 Å². The summed E-state index contributed by atoms with van der Waals surface area (Å²) in [4.78, 5) is 0.363. The first-order valence-electron chi connectivity index (χ1n) is 10.2. The van der Waals surface area contributed by atoms with Gasteiger partial charge in [0.15, 0.2) is 11.5 Å². The van der Waals surface area contributed by atoms with Crippen molar-refractivity contribution in [3.05, 3.63) is 53.6 Å². The van der Waals surface area contributed by atoms with E-state index in [-0.39, 0.29) is 5.41 Å². The average molecular weight is 418 g/mol. The molecule has 1 fully saturated rings. The number of unbranched alkanes of at least 4 members (excludes halogenated alkanes) is 1. The Morgan fingerprint density at radius 3 is 2.34 bits per heavy atom. The van der Waals surface area contributed by atoms with E-state index in [9.17, 15) is 8.42 Å². The summed E-state index contributed by atoms with van der Waals surface area (Å²) in [7, 11) is -0.262.